The largest absolute Gasteiger partial charge is 0.296 e. The van der Waals surface area contributed by atoms with Gasteiger partial charge in [-0.05, 0) is 11.4 Å². The lowest BCUT2D eigenvalue weighted by Crippen LogP contribution is -2.12. The first-order valence-corrected chi connectivity index (χ1v) is 8.78. The number of nitro benzene ring substituents is 2. The highest BCUT2D eigenvalue weighted by Gasteiger charge is 2.20. The first-order chi connectivity index (χ1) is 12.9. The molecule has 0 atom stereocenters. The maximum Gasteiger partial charge on any atom is 0.277 e. The van der Waals surface area contributed by atoms with E-state index in [0.29, 0.717) is 5.13 Å². The summed E-state index contributed by atoms with van der Waals surface area (Å²) >= 11 is 2.48. The molecule has 2 heterocycles. The van der Waals surface area contributed by atoms with Gasteiger partial charge in [0.1, 0.15) is 0 Å². The first-order valence-electron chi connectivity index (χ1n) is 7.08. The molecule has 13 heteroatoms. The van der Waals surface area contributed by atoms with Gasteiger partial charge in [-0.25, -0.2) is 4.99 Å². The van der Waals surface area contributed by atoms with Crippen molar-refractivity contribution in [1.29, 1.82) is 0 Å². The van der Waals surface area contributed by atoms with Crippen LogP contribution in [-0.4, -0.2) is 32.2 Å². The van der Waals surface area contributed by atoms with E-state index < -0.39 is 27.1 Å². The zero-order chi connectivity index (χ0) is 19.4. The van der Waals surface area contributed by atoms with Gasteiger partial charge in [0.05, 0.1) is 21.5 Å². The van der Waals surface area contributed by atoms with Gasteiger partial charge in [0, 0.05) is 23.2 Å². The third kappa shape index (κ3) is 4.53. The number of anilines is 1. The fourth-order valence-electron chi connectivity index (χ4n) is 1.91. The van der Waals surface area contributed by atoms with Crippen LogP contribution in [0.1, 0.15) is 15.2 Å². The van der Waals surface area contributed by atoms with E-state index in [2.05, 4.69) is 20.5 Å². The monoisotopic (exact) mass is 404 g/mol. The smallest absolute Gasteiger partial charge is 0.277 e. The van der Waals surface area contributed by atoms with Gasteiger partial charge in [-0.3, -0.25) is 30.3 Å². The zero-order valence-corrected chi connectivity index (χ0v) is 14.8. The summed E-state index contributed by atoms with van der Waals surface area (Å²) in [5.41, 5.74) is -1.37. The molecule has 0 saturated heterocycles. The van der Waals surface area contributed by atoms with Crippen LogP contribution in [0.25, 0.3) is 0 Å². The molecule has 0 saturated carbocycles. The fourth-order valence-corrected chi connectivity index (χ4v) is 3.08. The van der Waals surface area contributed by atoms with Crippen molar-refractivity contribution >= 4 is 56.4 Å². The number of hydrogen-bond acceptors (Lipinski definition) is 10. The maximum absolute atomic E-state index is 12.3. The number of hydrogen-bond donors (Lipinski definition) is 1. The lowest BCUT2D eigenvalue weighted by atomic mass is 10.1. The number of thiophene rings is 1. The minimum Gasteiger partial charge on any atom is -0.296 e. The Bertz CT molecular complexity index is 1010. The van der Waals surface area contributed by atoms with Crippen LogP contribution in [0.5, 0.6) is 0 Å². The third-order valence-corrected chi connectivity index (χ3v) is 4.62. The molecule has 0 bridgehead atoms. The van der Waals surface area contributed by atoms with Crippen LogP contribution < -0.4 is 5.32 Å². The second-order valence-electron chi connectivity index (χ2n) is 4.87. The number of nitrogens with zero attached hydrogens (tertiary/aromatic N) is 5. The molecule has 0 spiro atoms. The van der Waals surface area contributed by atoms with Gasteiger partial charge in [-0.2, -0.15) is 0 Å². The van der Waals surface area contributed by atoms with Gasteiger partial charge in [-0.1, -0.05) is 17.4 Å². The molecule has 3 aromatic rings. The van der Waals surface area contributed by atoms with Crippen LogP contribution in [0, 0.1) is 20.2 Å². The third-order valence-electron chi connectivity index (χ3n) is 3.07. The number of amides is 1. The average molecular weight is 404 g/mol. The molecular formula is C14H8N6O5S2. The number of nitrogens with one attached hydrogen (secondary N) is 1. The van der Waals surface area contributed by atoms with Crippen molar-refractivity contribution in [2.24, 2.45) is 4.99 Å². The van der Waals surface area contributed by atoms with Gasteiger partial charge in [0.25, 0.3) is 17.3 Å². The summed E-state index contributed by atoms with van der Waals surface area (Å²) < 4.78 is 0. The predicted molar refractivity (Wildman–Crippen MR) is 99.2 cm³/mol. The van der Waals surface area contributed by atoms with Crippen molar-refractivity contribution in [3.05, 3.63) is 66.4 Å². The Labute approximate surface area is 158 Å². The van der Waals surface area contributed by atoms with E-state index in [4.69, 9.17) is 0 Å². The zero-order valence-electron chi connectivity index (χ0n) is 13.1. The first kappa shape index (κ1) is 18.2. The lowest BCUT2D eigenvalue weighted by molar-refractivity contribution is -0.394. The number of rotatable bonds is 6. The van der Waals surface area contributed by atoms with E-state index in [-0.39, 0.29) is 10.7 Å². The number of aliphatic imine (C=N–C) groups is 1. The molecule has 0 radical (unpaired) electrons. The summed E-state index contributed by atoms with van der Waals surface area (Å²) in [6, 6.07) is 6.40. The average Bonchev–Trinajstić information content (AvgIpc) is 3.31. The molecule has 2 aromatic heterocycles. The van der Waals surface area contributed by atoms with Crippen molar-refractivity contribution in [3.8, 4) is 0 Å². The highest BCUT2D eigenvalue weighted by Crippen LogP contribution is 2.26. The highest BCUT2D eigenvalue weighted by atomic mass is 32.1. The van der Waals surface area contributed by atoms with E-state index in [9.17, 15) is 25.0 Å². The van der Waals surface area contributed by atoms with Gasteiger partial charge >= 0.3 is 0 Å². The summed E-state index contributed by atoms with van der Waals surface area (Å²) in [4.78, 5) is 37.5. The van der Waals surface area contributed by atoms with Gasteiger partial charge < -0.3 is 0 Å². The summed E-state index contributed by atoms with van der Waals surface area (Å²) in [6.07, 6.45) is 1.60. The quantitative estimate of drug-likeness (QED) is 0.375. The van der Waals surface area contributed by atoms with Gasteiger partial charge in [0.15, 0.2) is 0 Å². The van der Waals surface area contributed by atoms with E-state index in [0.717, 1.165) is 34.4 Å². The van der Waals surface area contributed by atoms with Crippen LogP contribution in [0.4, 0.5) is 21.6 Å². The molecule has 1 N–H and O–H groups in total. The number of nitro groups is 2. The van der Waals surface area contributed by atoms with Crippen molar-refractivity contribution < 1.29 is 14.6 Å². The summed E-state index contributed by atoms with van der Waals surface area (Å²) in [5, 5.41) is 34.0. The number of benzene rings is 1. The maximum atomic E-state index is 12.3. The van der Waals surface area contributed by atoms with E-state index in [1.54, 1.807) is 6.21 Å². The van der Waals surface area contributed by atoms with Crippen molar-refractivity contribution in [1.82, 2.24) is 10.2 Å². The predicted octanol–water partition coefficient (Wildman–Crippen LogP) is 3.42. The Hall–Kier alpha value is -3.58. The minimum atomic E-state index is -0.813. The van der Waals surface area contributed by atoms with Gasteiger partial charge in [0.2, 0.25) is 10.3 Å². The SMILES string of the molecule is O=C(Nc1nnc(/N=C/c2cccs2)s1)c1cc([N+](=O)[O-])cc([N+](=O)[O-])c1. The van der Waals surface area contributed by atoms with E-state index in [1.807, 2.05) is 17.5 Å². The van der Waals surface area contributed by atoms with Crippen molar-refractivity contribution in [3.63, 3.8) is 0 Å². The molecule has 136 valence electrons. The second-order valence-corrected chi connectivity index (χ2v) is 6.81. The molecular weight excluding hydrogens is 396 g/mol. The standard InChI is InChI=1S/C14H8N6O5S2/c21-12(8-4-9(19(22)23)6-10(5-8)20(24)25)16-14-18-17-13(27-14)15-7-11-2-1-3-26-11/h1-7H,(H,16,18,21)/b15-7+. The molecule has 1 amide bonds. The summed E-state index contributed by atoms with van der Waals surface area (Å²) in [7, 11) is 0. The Balaban J connectivity index is 1.77. The molecule has 0 aliphatic rings. The van der Waals surface area contributed by atoms with Crippen LogP contribution in [0.2, 0.25) is 0 Å². The van der Waals surface area contributed by atoms with Crippen LogP contribution in [0.15, 0.2) is 40.7 Å². The fraction of sp³-hybridized carbons (Fsp3) is 0. The van der Waals surface area contributed by atoms with Crippen molar-refractivity contribution in [2.45, 2.75) is 0 Å². The Morgan fingerprint density at radius 1 is 1.15 bits per heavy atom. The molecule has 3 rings (SSSR count). The Kier molecular flexibility index (Phi) is 5.23. The molecule has 0 aliphatic heterocycles. The molecule has 1 aromatic carbocycles. The number of non-ortho nitro benzene ring substituents is 2. The summed E-state index contributed by atoms with van der Waals surface area (Å²) in [5.74, 6) is -0.785. The minimum absolute atomic E-state index is 0.104. The molecule has 11 nitrogen and oxygen atoms in total. The van der Waals surface area contributed by atoms with Crippen molar-refractivity contribution in [2.75, 3.05) is 5.32 Å². The lowest BCUT2D eigenvalue weighted by Gasteiger charge is -2.01. The number of carbonyl (C=O) groups is 1. The molecule has 0 unspecified atom stereocenters. The molecule has 0 aliphatic carbocycles. The topological polar surface area (TPSA) is 154 Å². The summed E-state index contributed by atoms with van der Waals surface area (Å²) in [6.45, 7) is 0. The van der Waals surface area contributed by atoms with Gasteiger partial charge in [-0.15, -0.1) is 21.5 Å². The highest BCUT2D eigenvalue weighted by molar-refractivity contribution is 7.19. The second kappa shape index (κ2) is 7.76. The van der Waals surface area contributed by atoms with Crippen LogP contribution in [0.3, 0.4) is 0 Å². The van der Waals surface area contributed by atoms with E-state index in [1.165, 1.54) is 11.3 Å². The molecule has 0 fully saturated rings. The Morgan fingerprint density at radius 2 is 1.85 bits per heavy atom. The van der Waals surface area contributed by atoms with E-state index >= 15 is 0 Å². The number of aromatic nitrogens is 2. The Morgan fingerprint density at radius 3 is 2.44 bits per heavy atom. The normalized spacial score (nSPS) is 10.8. The molecule has 27 heavy (non-hydrogen) atoms. The van der Waals surface area contributed by atoms with Crippen LogP contribution in [-0.2, 0) is 0 Å². The van der Waals surface area contributed by atoms with Crippen LogP contribution >= 0.6 is 22.7 Å². The number of carbonyl (C=O) groups excluding carboxylic acids is 1.